The van der Waals surface area contributed by atoms with Crippen molar-refractivity contribution in [3.63, 3.8) is 0 Å². The Morgan fingerprint density at radius 3 is 2.45 bits per heavy atom. The monoisotopic (exact) mass is 432 g/mol. The van der Waals surface area contributed by atoms with Crippen molar-refractivity contribution in [1.82, 2.24) is 4.57 Å². The van der Waals surface area contributed by atoms with Crippen LogP contribution in [-0.4, -0.2) is 23.1 Å². The maximum atomic E-state index is 12.6. The number of amides is 1. The summed E-state index contributed by atoms with van der Waals surface area (Å²) in [5.41, 5.74) is 4.16. The van der Waals surface area contributed by atoms with Crippen molar-refractivity contribution in [2.75, 3.05) is 11.9 Å². The van der Waals surface area contributed by atoms with Crippen LogP contribution >= 0.6 is 11.6 Å². The number of rotatable bonds is 6. The topological polar surface area (TPSA) is 60.3 Å². The fourth-order valence-electron chi connectivity index (χ4n) is 3.56. The SMILES string of the molecule is CC(=O)OCCn1c(-c2ccccc2)cc2cc(NC(=O)c3ccccc3Cl)ccc21. The van der Waals surface area contributed by atoms with Crippen LogP contribution in [0.1, 0.15) is 17.3 Å². The molecule has 1 N–H and O–H groups in total. The minimum atomic E-state index is -0.303. The molecule has 4 aromatic rings. The van der Waals surface area contributed by atoms with E-state index in [1.165, 1.54) is 6.92 Å². The van der Waals surface area contributed by atoms with Gasteiger partial charge >= 0.3 is 5.97 Å². The predicted octanol–water partition coefficient (Wildman–Crippen LogP) is 5.78. The van der Waals surface area contributed by atoms with Crippen LogP contribution in [0.15, 0.2) is 78.9 Å². The van der Waals surface area contributed by atoms with Gasteiger partial charge < -0.3 is 14.6 Å². The summed E-state index contributed by atoms with van der Waals surface area (Å²) in [7, 11) is 0. The van der Waals surface area contributed by atoms with Gasteiger partial charge in [0, 0.05) is 29.2 Å². The summed E-state index contributed by atoms with van der Waals surface area (Å²) in [5.74, 6) is -0.565. The Morgan fingerprint density at radius 2 is 1.71 bits per heavy atom. The van der Waals surface area contributed by atoms with Crippen LogP contribution in [0.25, 0.3) is 22.2 Å². The van der Waals surface area contributed by atoms with E-state index in [0.29, 0.717) is 22.8 Å². The maximum absolute atomic E-state index is 12.6. The molecule has 6 heteroatoms. The largest absolute Gasteiger partial charge is 0.464 e. The van der Waals surface area contributed by atoms with E-state index in [1.807, 2.05) is 48.5 Å². The summed E-state index contributed by atoms with van der Waals surface area (Å²) >= 11 is 6.14. The Morgan fingerprint density at radius 1 is 0.968 bits per heavy atom. The molecule has 1 heterocycles. The zero-order valence-corrected chi connectivity index (χ0v) is 17.7. The number of carbonyl (C=O) groups excluding carboxylic acids is 2. The number of halogens is 1. The molecule has 0 fully saturated rings. The Bertz CT molecular complexity index is 1250. The molecule has 31 heavy (non-hydrogen) atoms. The minimum absolute atomic E-state index is 0.262. The maximum Gasteiger partial charge on any atom is 0.302 e. The fraction of sp³-hybridized carbons (Fsp3) is 0.120. The normalized spacial score (nSPS) is 10.8. The first-order chi connectivity index (χ1) is 15.0. The van der Waals surface area contributed by atoms with Crippen LogP contribution < -0.4 is 5.32 Å². The molecule has 0 atom stereocenters. The molecule has 0 unspecified atom stereocenters. The number of anilines is 1. The average Bonchev–Trinajstić information content (AvgIpc) is 3.12. The van der Waals surface area contributed by atoms with Gasteiger partial charge in [0.1, 0.15) is 6.61 Å². The van der Waals surface area contributed by atoms with Crippen LogP contribution in [0.2, 0.25) is 5.02 Å². The van der Waals surface area contributed by atoms with Gasteiger partial charge in [0.05, 0.1) is 17.1 Å². The molecule has 3 aromatic carbocycles. The second-order valence-corrected chi connectivity index (χ2v) is 7.50. The quantitative estimate of drug-likeness (QED) is 0.393. The number of ether oxygens (including phenoxy) is 1. The number of esters is 1. The van der Waals surface area contributed by atoms with Gasteiger partial charge in [-0.3, -0.25) is 9.59 Å². The van der Waals surface area contributed by atoms with E-state index in [0.717, 1.165) is 22.2 Å². The van der Waals surface area contributed by atoms with E-state index in [2.05, 4.69) is 16.0 Å². The molecular weight excluding hydrogens is 412 g/mol. The van der Waals surface area contributed by atoms with Gasteiger partial charge in [-0.05, 0) is 42.0 Å². The molecule has 0 bridgehead atoms. The molecule has 4 rings (SSSR count). The summed E-state index contributed by atoms with van der Waals surface area (Å²) < 4.78 is 7.28. The van der Waals surface area contributed by atoms with Crippen LogP contribution in [0, 0.1) is 0 Å². The lowest BCUT2D eigenvalue weighted by molar-refractivity contribution is -0.141. The summed E-state index contributed by atoms with van der Waals surface area (Å²) in [6.07, 6.45) is 0. The van der Waals surface area contributed by atoms with Crippen LogP contribution in [0.3, 0.4) is 0 Å². The molecule has 0 spiro atoms. The number of aromatic nitrogens is 1. The van der Waals surface area contributed by atoms with Gasteiger partial charge in [-0.15, -0.1) is 0 Å². The first-order valence-electron chi connectivity index (χ1n) is 9.91. The third-order valence-electron chi connectivity index (χ3n) is 4.97. The Balaban J connectivity index is 1.68. The Labute approximate surface area is 185 Å². The fourth-order valence-corrected chi connectivity index (χ4v) is 3.78. The molecule has 1 amide bonds. The third kappa shape index (κ3) is 4.62. The number of nitrogens with one attached hydrogen (secondary N) is 1. The second kappa shape index (κ2) is 9.06. The highest BCUT2D eigenvalue weighted by molar-refractivity contribution is 6.34. The van der Waals surface area contributed by atoms with Crippen molar-refractivity contribution < 1.29 is 14.3 Å². The summed E-state index contributed by atoms with van der Waals surface area (Å²) in [5, 5.41) is 4.29. The van der Waals surface area contributed by atoms with Gasteiger partial charge in [0.2, 0.25) is 0 Å². The minimum Gasteiger partial charge on any atom is -0.464 e. The highest BCUT2D eigenvalue weighted by Crippen LogP contribution is 2.30. The smallest absolute Gasteiger partial charge is 0.302 e. The van der Waals surface area contributed by atoms with E-state index in [9.17, 15) is 9.59 Å². The van der Waals surface area contributed by atoms with E-state index < -0.39 is 0 Å². The zero-order valence-electron chi connectivity index (χ0n) is 17.0. The standard InChI is InChI=1S/C25H21ClN2O3/c1-17(29)31-14-13-28-23-12-11-20(27-25(30)21-9-5-6-10-22(21)26)15-19(23)16-24(28)18-7-3-2-4-8-18/h2-12,15-16H,13-14H2,1H3,(H,27,30). The van der Waals surface area contributed by atoms with Crippen molar-refractivity contribution in [2.45, 2.75) is 13.5 Å². The van der Waals surface area contributed by atoms with Crippen molar-refractivity contribution in [2.24, 2.45) is 0 Å². The Hall–Kier alpha value is -3.57. The number of nitrogens with zero attached hydrogens (tertiary/aromatic N) is 1. The molecule has 0 aliphatic heterocycles. The van der Waals surface area contributed by atoms with Crippen LogP contribution in [0.5, 0.6) is 0 Å². The summed E-state index contributed by atoms with van der Waals surface area (Å²) in [6.45, 7) is 2.21. The van der Waals surface area contributed by atoms with Gasteiger partial charge in [0.15, 0.2) is 0 Å². The average molecular weight is 433 g/mol. The molecule has 0 aliphatic rings. The molecule has 0 saturated carbocycles. The van der Waals surface area contributed by atoms with Gasteiger partial charge in [-0.2, -0.15) is 0 Å². The lowest BCUT2D eigenvalue weighted by atomic mass is 10.1. The van der Waals surface area contributed by atoms with Gasteiger partial charge in [0.25, 0.3) is 5.91 Å². The van der Waals surface area contributed by atoms with Crippen LogP contribution in [0.4, 0.5) is 5.69 Å². The van der Waals surface area contributed by atoms with Crippen LogP contribution in [-0.2, 0) is 16.1 Å². The van der Waals surface area contributed by atoms with Crippen molar-refractivity contribution in [1.29, 1.82) is 0 Å². The highest BCUT2D eigenvalue weighted by Gasteiger charge is 2.14. The molecular formula is C25H21ClN2O3. The lowest BCUT2D eigenvalue weighted by Crippen LogP contribution is -2.12. The Kier molecular flexibility index (Phi) is 6.05. The lowest BCUT2D eigenvalue weighted by Gasteiger charge is -2.11. The van der Waals surface area contributed by atoms with Crippen molar-refractivity contribution in [3.05, 3.63) is 89.4 Å². The van der Waals surface area contributed by atoms with E-state index in [-0.39, 0.29) is 18.5 Å². The number of hydrogen-bond acceptors (Lipinski definition) is 3. The number of benzene rings is 3. The summed E-state index contributed by atoms with van der Waals surface area (Å²) in [4.78, 5) is 23.8. The first kappa shape index (κ1) is 20.7. The molecule has 156 valence electrons. The van der Waals surface area contributed by atoms with Gasteiger partial charge in [-0.25, -0.2) is 0 Å². The number of hydrogen-bond donors (Lipinski definition) is 1. The van der Waals surface area contributed by atoms with E-state index in [4.69, 9.17) is 16.3 Å². The summed E-state index contributed by atoms with van der Waals surface area (Å²) in [6, 6.07) is 24.8. The zero-order chi connectivity index (χ0) is 21.8. The molecule has 0 radical (unpaired) electrons. The molecule has 1 aromatic heterocycles. The highest BCUT2D eigenvalue weighted by atomic mass is 35.5. The predicted molar refractivity (Wildman–Crippen MR) is 123 cm³/mol. The van der Waals surface area contributed by atoms with E-state index >= 15 is 0 Å². The molecule has 5 nitrogen and oxygen atoms in total. The third-order valence-corrected chi connectivity index (χ3v) is 5.30. The molecule has 0 saturated heterocycles. The first-order valence-corrected chi connectivity index (χ1v) is 10.3. The number of carbonyl (C=O) groups is 2. The van der Waals surface area contributed by atoms with Crippen molar-refractivity contribution in [3.8, 4) is 11.3 Å². The second-order valence-electron chi connectivity index (χ2n) is 7.09. The molecule has 0 aliphatic carbocycles. The number of fused-ring (bicyclic) bond motifs is 1. The van der Waals surface area contributed by atoms with Gasteiger partial charge in [-0.1, -0.05) is 54.1 Å². The van der Waals surface area contributed by atoms with Crippen molar-refractivity contribution >= 4 is 40.1 Å². The van der Waals surface area contributed by atoms with E-state index in [1.54, 1.807) is 24.3 Å².